The Morgan fingerprint density at radius 3 is 2.52 bits per heavy atom. The summed E-state index contributed by atoms with van der Waals surface area (Å²) in [6, 6.07) is 14.7. The highest BCUT2D eigenvalue weighted by molar-refractivity contribution is 6.33. The van der Waals surface area contributed by atoms with E-state index in [1.54, 1.807) is 18.2 Å². The van der Waals surface area contributed by atoms with Crippen LogP contribution >= 0.6 is 11.6 Å². The minimum atomic E-state index is -0.386. The lowest BCUT2D eigenvalue weighted by molar-refractivity contribution is -0.125. The number of rotatable bonds is 5. The zero-order chi connectivity index (χ0) is 17.8. The number of halogens is 1. The minimum absolute atomic E-state index is 0.143. The first-order chi connectivity index (χ1) is 12.0. The van der Waals surface area contributed by atoms with E-state index in [0.717, 1.165) is 5.56 Å². The Morgan fingerprint density at radius 1 is 1.12 bits per heavy atom. The van der Waals surface area contributed by atoms with Gasteiger partial charge in [-0.1, -0.05) is 48.0 Å². The molecule has 0 aliphatic carbocycles. The summed E-state index contributed by atoms with van der Waals surface area (Å²) in [5.41, 5.74) is 8.47. The zero-order valence-electron chi connectivity index (χ0n) is 13.7. The van der Waals surface area contributed by atoms with E-state index in [1.165, 1.54) is 5.56 Å². The molecule has 0 aromatic heterocycles. The fourth-order valence-electron chi connectivity index (χ4n) is 3.11. The number of carbonyl (C=O) groups excluding carboxylic acids is 2. The smallest absolute Gasteiger partial charge is 0.235 e. The van der Waals surface area contributed by atoms with Crippen LogP contribution < -0.4 is 11.1 Å². The van der Waals surface area contributed by atoms with Crippen LogP contribution in [0.15, 0.2) is 48.5 Å². The second kappa shape index (κ2) is 7.68. The average Bonchev–Trinajstić information content (AvgIpc) is 2.61. The molecule has 3 rings (SSSR count). The fourth-order valence-corrected chi connectivity index (χ4v) is 3.30. The maximum absolute atomic E-state index is 12.2. The molecule has 1 atom stereocenters. The van der Waals surface area contributed by atoms with Gasteiger partial charge in [0.05, 0.1) is 16.8 Å². The summed E-state index contributed by atoms with van der Waals surface area (Å²) < 4.78 is 0. The molecular weight excluding hydrogens is 338 g/mol. The van der Waals surface area contributed by atoms with Crippen LogP contribution in [0.1, 0.15) is 17.5 Å². The molecule has 25 heavy (non-hydrogen) atoms. The van der Waals surface area contributed by atoms with Crippen LogP contribution in [0, 0.1) is 0 Å². The van der Waals surface area contributed by atoms with Gasteiger partial charge in [0.1, 0.15) is 0 Å². The van der Waals surface area contributed by atoms with Gasteiger partial charge in [-0.15, -0.1) is 0 Å². The van der Waals surface area contributed by atoms with Crippen LogP contribution in [0.25, 0.3) is 0 Å². The van der Waals surface area contributed by atoms with Crippen molar-refractivity contribution in [3.8, 4) is 0 Å². The SMILES string of the molecule is NC(=O)[C@H]1Cc2ccccc2CN1CCC(=O)Nc1ccccc1Cl. The topological polar surface area (TPSA) is 75.4 Å². The van der Waals surface area contributed by atoms with E-state index in [2.05, 4.69) is 5.32 Å². The number of carbonyl (C=O) groups is 2. The molecule has 0 bridgehead atoms. The van der Waals surface area contributed by atoms with E-state index in [9.17, 15) is 9.59 Å². The van der Waals surface area contributed by atoms with Gasteiger partial charge in [0.2, 0.25) is 11.8 Å². The molecule has 1 aliphatic heterocycles. The van der Waals surface area contributed by atoms with Gasteiger partial charge in [-0.05, 0) is 29.7 Å². The quantitative estimate of drug-likeness (QED) is 0.863. The van der Waals surface area contributed by atoms with Gasteiger partial charge in [0.25, 0.3) is 0 Å². The average molecular weight is 358 g/mol. The number of hydrogen-bond donors (Lipinski definition) is 2. The number of nitrogens with one attached hydrogen (secondary N) is 1. The van der Waals surface area contributed by atoms with Crippen molar-refractivity contribution in [3.05, 3.63) is 64.7 Å². The molecule has 2 amide bonds. The first-order valence-electron chi connectivity index (χ1n) is 8.19. The summed E-state index contributed by atoms with van der Waals surface area (Å²) in [5.74, 6) is -0.504. The monoisotopic (exact) mass is 357 g/mol. The van der Waals surface area contributed by atoms with Gasteiger partial charge in [-0.3, -0.25) is 14.5 Å². The standard InChI is InChI=1S/C19H20ClN3O2/c20-15-7-3-4-8-16(15)22-18(24)9-10-23-12-14-6-2-1-5-13(14)11-17(23)19(21)25/h1-8,17H,9-12H2,(H2,21,25)(H,22,24)/t17-/m1/s1. The summed E-state index contributed by atoms with van der Waals surface area (Å²) in [4.78, 5) is 26.0. The molecule has 0 unspecified atom stereocenters. The van der Waals surface area contributed by atoms with E-state index in [-0.39, 0.29) is 24.3 Å². The minimum Gasteiger partial charge on any atom is -0.368 e. The lowest BCUT2D eigenvalue weighted by Gasteiger charge is -2.34. The summed E-state index contributed by atoms with van der Waals surface area (Å²) in [7, 11) is 0. The van der Waals surface area contributed by atoms with Crippen LogP contribution in [0.5, 0.6) is 0 Å². The summed E-state index contributed by atoms with van der Waals surface area (Å²) in [6.07, 6.45) is 0.842. The number of amides is 2. The molecule has 0 spiro atoms. The third-order valence-electron chi connectivity index (χ3n) is 4.45. The number of para-hydroxylation sites is 1. The molecule has 130 valence electrons. The van der Waals surface area contributed by atoms with Crippen molar-refractivity contribution in [2.45, 2.75) is 25.4 Å². The Labute approximate surface area is 151 Å². The summed E-state index contributed by atoms with van der Waals surface area (Å²) in [5, 5.41) is 3.30. The lowest BCUT2D eigenvalue weighted by atomic mass is 9.93. The first-order valence-corrected chi connectivity index (χ1v) is 8.57. The third kappa shape index (κ3) is 4.18. The van der Waals surface area contributed by atoms with Gasteiger partial charge in [0.15, 0.2) is 0 Å². The van der Waals surface area contributed by atoms with Crippen LogP contribution in [0.3, 0.4) is 0 Å². The Kier molecular flexibility index (Phi) is 5.36. The zero-order valence-corrected chi connectivity index (χ0v) is 14.5. The van der Waals surface area contributed by atoms with Crippen molar-refractivity contribution in [2.24, 2.45) is 5.73 Å². The van der Waals surface area contributed by atoms with Crippen molar-refractivity contribution < 1.29 is 9.59 Å². The number of benzene rings is 2. The van der Waals surface area contributed by atoms with Gasteiger partial charge in [0, 0.05) is 19.5 Å². The van der Waals surface area contributed by atoms with E-state index in [1.807, 2.05) is 35.2 Å². The summed E-state index contributed by atoms with van der Waals surface area (Å²) in [6.45, 7) is 1.07. The Morgan fingerprint density at radius 2 is 1.80 bits per heavy atom. The number of nitrogens with zero attached hydrogens (tertiary/aromatic N) is 1. The first kappa shape index (κ1) is 17.5. The maximum Gasteiger partial charge on any atom is 0.235 e. The van der Waals surface area contributed by atoms with Crippen LogP contribution in [-0.4, -0.2) is 29.3 Å². The third-order valence-corrected chi connectivity index (χ3v) is 4.78. The number of fused-ring (bicyclic) bond motifs is 1. The Balaban J connectivity index is 1.64. The van der Waals surface area contributed by atoms with Crippen molar-refractivity contribution in [2.75, 3.05) is 11.9 Å². The maximum atomic E-state index is 12.2. The fraction of sp³-hybridized carbons (Fsp3) is 0.263. The second-order valence-corrected chi connectivity index (χ2v) is 6.55. The van der Waals surface area contributed by atoms with Crippen molar-refractivity contribution in [1.29, 1.82) is 0 Å². The number of primary amides is 1. The van der Waals surface area contributed by atoms with Gasteiger partial charge >= 0.3 is 0 Å². The molecule has 0 radical (unpaired) electrons. The van der Waals surface area contributed by atoms with E-state index < -0.39 is 0 Å². The van der Waals surface area contributed by atoms with Gasteiger partial charge < -0.3 is 11.1 Å². The Hall–Kier alpha value is -2.37. The molecule has 0 saturated heterocycles. The molecule has 6 heteroatoms. The highest BCUT2D eigenvalue weighted by Crippen LogP contribution is 2.24. The molecule has 1 aliphatic rings. The van der Waals surface area contributed by atoms with Gasteiger partial charge in [-0.2, -0.15) is 0 Å². The van der Waals surface area contributed by atoms with Crippen molar-refractivity contribution >= 4 is 29.1 Å². The van der Waals surface area contributed by atoms with E-state index >= 15 is 0 Å². The van der Waals surface area contributed by atoms with Crippen molar-refractivity contribution in [3.63, 3.8) is 0 Å². The van der Waals surface area contributed by atoms with Crippen molar-refractivity contribution in [1.82, 2.24) is 4.90 Å². The van der Waals surface area contributed by atoms with Gasteiger partial charge in [-0.25, -0.2) is 0 Å². The normalized spacial score (nSPS) is 16.9. The molecule has 0 fully saturated rings. The molecule has 0 saturated carbocycles. The number of hydrogen-bond acceptors (Lipinski definition) is 3. The van der Waals surface area contributed by atoms with Crippen LogP contribution in [-0.2, 0) is 22.6 Å². The van der Waals surface area contributed by atoms with E-state index in [0.29, 0.717) is 30.2 Å². The molecule has 2 aromatic rings. The van der Waals surface area contributed by atoms with Crippen LogP contribution in [0.2, 0.25) is 5.02 Å². The summed E-state index contributed by atoms with van der Waals surface area (Å²) >= 11 is 6.05. The molecular formula is C19H20ClN3O2. The number of anilines is 1. The molecule has 2 aromatic carbocycles. The highest BCUT2D eigenvalue weighted by atomic mass is 35.5. The second-order valence-electron chi connectivity index (χ2n) is 6.14. The molecule has 1 heterocycles. The number of nitrogens with two attached hydrogens (primary N) is 1. The van der Waals surface area contributed by atoms with Crippen LogP contribution in [0.4, 0.5) is 5.69 Å². The highest BCUT2D eigenvalue weighted by Gasteiger charge is 2.29. The molecule has 3 N–H and O–H groups in total. The molecule has 5 nitrogen and oxygen atoms in total. The lowest BCUT2D eigenvalue weighted by Crippen LogP contribution is -2.49. The predicted molar refractivity (Wildman–Crippen MR) is 98.2 cm³/mol. The Bertz CT molecular complexity index is 794. The predicted octanol–water partition coefficient (Wildman–Crippen LogP) is 2.58. The van der Waals surface area contributed by atoms with E-state index in [4.69, 9.17) is 17.3 Å². The largest absolute Gasteiger partial charge is 0.368 e.